The predicted octanol–water partition coefficient (Wildman–Crippen LogP) is -6.28. The van der Waals surface area contributed by atoms with E-state index < -0.39 is 30.5 Å². The molecule has 0 aromatic heterocycles. The van der Waals surface area contributed by atoms with Gasteiger partial charge in [0.2, 0.25) is 0 Å². The molecule has 9 nitrogen and oxygen atoms in total. The SMILES string of the molecule is C=NC(OC(=O)C[I-][N+](N)(N)N)=C(N)N. The summed E-state index contributed by atoms with van der Waals surface area (Å²) in [5.41, 5.74) is 10.3. The number of hydrogen-bond donors (Lipinski definition) is 5. The van der Waals surface area contributed by atoms with Gasteiger partial charge < -0.3 is 0 Å². The van der Waals surface area contributed by atoms with Gasteiger partial charge in [-0.2, -0.15) is 0 Å². The second-order valence-electron chi connectivity index (χ2n) is 2.39. The molecular formula is C5H14IN7O2. The number of nitrogens with zero attached hydrogens (tertiary/aromatic N) is 2. The van der Waals surface area contributed by atoms with Crippen molar-refractivity contribution in [1.29, 1.82) is 0 Å². The van der Waals surface area contributed by atoms with Crippen molar-refractivity contribution in [2.24, 2.45) is 34.0 Å². The first-order valence-electron chi connectivity index (χ1n) is 3.54. The third kappa shape index (κ3) is 7.03. The second-order valence-corrected chi connectivity index (χ2v) is 5.50. The van der Waals surface area contributed by atoms with Crippen LogP contribution in [0.3, 0.4) is 0 Å². The minimum atomic E-state index is -0.986. The summed E-state index contributed by atoms with van der Waals surface area (Å²) in [4.78, 5) is 14.5. The zero-order chi connectivity index (χ0) is 12.1. The molecule has 0 spiro atoms. The van der Waals surface area contributed by atoms with Crippen molar-refractivity contribution in [1.82, 2.24) is 0 Å². The van der Waals surface area contributed by atoms with Crippen molar-refractivity contribution < 1.29 is 34.0 Å². The number of carbonyl (C=O) groups excluding carboxylic acids is 1. The van der Waals surface area contributed by atoms with E-state index in [2.05, 4.69) is 16.4 Å². The van der Waals surface area contributed by atoms with Gasteiger partial charge in [0.25, 0.3) is 0 Å². The molecule has 15 heavy (non-hydrogen) atoms. The zero-order valence-corrected chi connectivity index (χ0v) is 10.0. The molecule has 0 saturated heterocycles. The van der Waals surface area contributed by atoms with Crippen molar-refractivity contribution in [3.05, 3.63) is 11.7 Å². The fourth-order valence-corrected chi connectivity index (χ4v) is 1.49. The summed E-state index contributed by atoms with van der Waals surface area (Å²) in [5.74, 6) is 14.7. The van der Waals surface area contributed by atoms with E-state index in [1.165, 1.54) is 0 Å². The average molecular weight is 331 g/mol. The number of ether oxygens (including phenoxy) is 1. The van der Waals surface area contributed by atoms with Gasteiger partial charge in [0.15, 0.2) is 0 Å². The number of aliphatic imine (C=N–C) groups is 1. The molecule has 0 aliphatic carbocycles. The van der Waals surface area contributed by atoms with Crippen LogP contribution < -0.4 is 50.5 Å². The summed E-state index contributed by atoms with van der Waals surface area (Å²) in [5, 5.41) is 0. The van der Waals surface area contributed by atoms with E-state index >= 15 is 0 Å². The number of hydrogen-bond acceptors (Lipinski definition) is 8. The molecular weight excluding hydrogens is 317 g/mol. The molecule has 0 rings (SSSR count). The first-order valence-corrected chi connectivity index (χ1v) is 6.03. The number of carbonyl (C=O) groups is 1. The van der Waals surface area contributed by atoms with E-state index in [0.29, 0.717) is 0 Å². The van der Waals surface area contributed by atoms with Crippen LogP contribution in [0.15, 0.2) is 16.7 Å². The molecule has 0 aliphatic rings. The molecule has 0 aromatic rings. The van der Waals surface area contributed by atoms with E-state index in [4.69, 9.17) is 29.0 Å². The summed E-state index contributed by atoms with van der Waals surface area (Å²) in [6.45, 7) is 3.13. The summed E-state index contributed by atoms with van der Waals surface area (Å²) >= 11 is -0.986. The number of quaternary nitrogens is 1. The van der Waals surface area contributed by atoms with E-state index in [-0.39, 0.29) is 16.1 Å². The van der Waals surface area contributed by atoms with Crippen molar-refractivity contribution in [2.45, 2.75) is 0 Å². The van der Waals surface area contributed by atoms with Gasteiger partial charge in [0.05, 0.1) is 0 Å². The number of halogens is 1. The first-order chi connectivity index (χ1) is 6.76. The van der Waals surface area contributed by atoms with Crippen molar-refractivity contribution in [2.75, 3.05) is 4.43 Å². The van der Waals surface area contributed by atoms with Gasteiger partial charge in [-0.3, -0.25) is 0 Å². The van der Waals surface area contributed by atoms with Crippen LogP contribution in [-0.4, -0.2) is 20.1 Å². The van der Waals surface area contributed by atoms with Crippen LogP contribution in [-0.2, 0) is 9.53 Å². The number of alkyl halides is 1. The third-order valence-electron chi connectivity index (χ3n) is 0.977. The molecule has 10 N–H and O–H groups in total. The van der Waals surface area contributed by atoms with Crippen LogP contribution in [0, 0.1) is 0 Å². The van der Waals surface area contributed by atoms with Crippen LogP contribution in [0.1, 0.15) is 0 Å². The zero-order valence-electron chi connectivity index (χ0n) is 7.89. The molecule has 0 heterocycles. The molecule has 0 radical (unpaired) electrons. The molecule has 0 amide bonds. The van der Waals surface area contributed by atoms with E-state index in [1.54, 1.807) is 0 Å². The molecule has 0 saturated carbocycles. The van der Waals surface area contributed by atoms with Crippen LogP contribution in [0.5, 0.6) is 0 Å². The molecule has 10 heteroatoms. The third-order valence-corrected chi connectivity index (χ3v) is 3.12. The van der Waals surface area contributed by atoms with Crippen LogP contribution in [0.2, 0.25) is 0 Å². The van der Waals surface area contributed by atoms with Gasteiger partial charge in [0.1, 0.15) is 0 Å². The topological polar surface area (TPSA) is 169 Å². The van der Waals surface area contributed by atoms with Gasteiger partial charge in [-0.1, -0.05) is 0 Å². The molecule has 0 bridgehead atoms. The Bertz CT molecular complexity index is 280. The Morgan fingerprint density at radius 3 is 2.27 bits per heavy atom. The van der Waals surface area contributed by atoms with Crippen molar-refractivity contribution in [3.8, 4) is 0 Å². The second kappa shape index (κ2) is 5.82. The van der Waals surface area contributed by atoms with Gasteiger partial charge in [-0.15, -0.1) is 0 Å². The summed E-state index contributed by atoms with van der Waals surface area (Å²) in [6.07, 6.45) is 0. The van der Waals surface area contributed by atoms with E-state index in [1.807, 2.05) is 0 Å². The number of nitrogens with two attached hydrogens (primary N) is 5. The Hall–Kier alpha value is -0.950. The van der Waals surface area contributed by atoms with E-state index in [9.17, 15) is 4.79 Å². The molecule has 0 unspecified atom stereocenters. The average Bonchev–Trinajstić information content (AvgIpc) is 2.09. The molecule has 0 aliphatic heterocycles. The summed E-state index contributed by atoms with van der Waals surface area (Å²) in [6, 6.07) is 0. The van der Waals surface area contributed by atoms with Crippen molar-refractivity contribution >= 4 is 12.7 Å². The Balaban J connectivity index is 4.16. The Kier molecular flexibility index (Phi) is 5.45. The standard InChI is InChI=1S/C5H14IN7O2/c1-12-5(4(7)8)15-3(14)2-6-13(9,10)11/h1-2,7-11H2. The van der Waals surface area contributed by atoms with Crippen LogP contribution in [0.4, 0.5) is 0 Å². The fourth-order valence-electron chi connectivity index (χ4n) is 0.470. The quantitative estimate of drug-likeness (QED) is 0.0488. The molecule has 0 aromatic carbocycles. The van der Waals surface area contributed by atoms with Crippen LogP contribution in [0.25, 0.3) is 0 Å². The maximum atomic E-state index is 11.2. The maximum absolute atomic E-state index is 11.2. The molecule has 0 atom stereocenters. The van der Waals surface area contributed by atoms with Gasteiger partial charge in [-0.25, -0.2) is 0 Å². The van der Waals surface area contributed by atoms with Gasteiger partial charge in [-0.05, 0) is 0 Å². The van der Waals surface area contributed by atoms with Crippen molar-refractivity contribution in [3.63, 3.8) is 0 Å². The minimum absolute atomic E-state index is 0.00861. The Morgan fingerprint density at radius 1 is 1.40 bits per heavy atom. The Labute approximate surface area is 97.0 Å². The molecule has 0 fully saturated rings. The van der Waals surface area contributed by atoms with Gasteiger partial charge in [0, 0.05) is 0 Å². The monoisotopic (exact) mass is 331 g/mol. The fraction of sp³-hybridized carbons (Fsp3) is 0.200. The predicted molar refractivity (Wildman–Crippen MR) is 48.7 cm³/mol. The number of esters is 1. The first kappa shape index (κ1) is 14.1. The van der Waals surface area contributed by atoms with E-state index in [0.717, 1.165) is 0 Å². The summed E-state index contributed by atoms with van der Waals surface area (Å²) in [7, 11) is 0. The summed E-state index contributed by atoms with van der Waals surface area (Å²) < 4.78 is 3.96. The Morgan fingerprint density at radius 2 is 1.93 bits per heavy atom. The van der Waals surface area contributed by atoms with Gasteiger partial charge >= 0.3 is 96.8 Å². The normalized spacial score (nSPS) is 10.9. The van der Waals surface area contributed by atoms with Crippen LogP contribution >= 0.6 is 0 Å². The number of rotatable bonds is 5. The molecule has 88 valence electrons.